The quantitative estimate of drug-likeness (QED) is 0.310. The number of amides is 1. The minimum absolute atomic E-state index is 0.0298. The van der Waals surface area contributed by atoms with Gasteiger partial charge in [0.2, 0.25) is 0 Å². The molecule has 196 valence electrons. The van der Waals surface area contributed by atoms with Crippen LogP contribution < -0.4 is 4.74 Å². The second kappa shape index (κ2) is 9.63. The number of benzene rings is 2. The molecular weight excluding hydrogens is 517 g/mol. The topological polar surface area (TPSA) is 50.1 Å². The molecular formula is C28H24ClF3N4O2. The molecule has 2 unspecified atom stereocenters. The van der Waals surface area contributed by atoms with E-state index in [0.29, 0.717) is 24.7 Å². The summed E-state index contributed by atoms with van der Waals surface area (Å²) in [5.74, 6) is -0.668. The minimum atomic E-state index is -4.81. The number of ether oxygens (including phenoxy) is 1. The van der Waals surface area contributed by atoms with E-state index in [1.54, 1.807) is 4.90 Å². The maximum atomic E-state index is 13.3. The number of imidazole rings is 1. The highest BCUT2D eigenvalue weighted by atomic mass is 35.5. The number of piperazine rings is 1. The van der Waals surface area contributed by atoms with Crippen molar-refractivity contribution in [3.8, 4) is 17.0 Å². The molecule has 5 heterocycles. The van der Waals surface area contributed by atoms with E-state index in [0.717, 1.165) is 41.5 Å². The molecule has 2 aromatic carbocycles. The first kappa shape index (κ1) is 24.8. The third kappa shape index (κ3) is 4.83. The second-order valence-electron chi connectivity index (χ2n) is 9.69. The number of halogens is 4. The molecule has 7 rings (SSSR count). The number of piperidine rings is 2. The molecule has 0 saturated carbocycles. The van der Waals surface area contributed by atoms with Crippen LogP contribution in [0.15, 0.2) is 72.9 Å². The molecule has 0 N–H and O–H groups in total. The fraction of sp³-hybridized carbons (Fsp3) is 0.286. The van der Waals surface area contributed by atoms with E-state index in [1.807, 2.05) is 48.7 Å². The Hall–Kier alpha value is -3.56. The Morgan fingerprint density at radius 1 is 1.00 bits per heavy atom. The largest absolute Gasteiger partial charge is 0.573 e. The van der Waals surface area contributed by atoms with E-state index in [2.05, 4.69) is 14.0 Å². The average Bonchev–Trinajstić information content (AvgIpc) is 3.26. The number of carbonyl (C=O) groups excluding carboxylic acids is 1. The van der Waals surface area contributed by atoms with Gasteiger partial charge < -0.3 is 14.0 Å². The summed E-state index contributed by atoms with van der Waals surface area (Å²) in [4.78, 5) is 22.4. The van der Waals surface area contributed by atoms with Crippen molar-refractivity contribution >= 4 is 23.2 Å². The molecule has 3 aliphatic rings. The zero-order valence-electron chi connectivity index (χ0n) is 20.2. The van der Waals surface area contributed by atoms with Crippen molar-refractivity contribution in [1.82, 2.24) is 19.2 Å². The van der Waals surface area contributed by atoms with Gasteiger partial charge in [-0.25, -0.2) is 4.98 Å². The summed E-state index contributed by atoms with van der Waals surface area (Å²) in [6.07, 6.45) is -1.01. The Kier molecular flexibility index (Phi) is 6.28. The van der Waals surface area contributed by atoms with Crippen LogP contribution in [0.4, 0.5) is 13.2 Å². The summed E-state index contributed by atoms with van der Waals surface area (Å²) < 4.78 is 44.1. The highest BCUT2D eigenvalue weighted by Crippen LogP contribution is 2.34. The minimum Gasteiger partial charge on any atom is -0.406 e. The lowest BCUT2D eigenvalue weighted by molar-refractivity contribution is -0.274. The van der Waals surface area contributed by atoms with Crippen molar-refractivity contribution < 1.29 is 22.7 Å². The SMILES string of the molecule is O=C(c1cccc(OC(F)(F)F)c1)N1CC2CCC1CN2Cc1c(-c2ccc(Cl)cc2)nc2ccccn12. The molecule has 2 bridgehead atoms. The number of aromatic nitrogens is 2. The molecule has 0 radical (unpaired) electrons. The molecule has 10 heteroatoms. The predicted octanol–water partition coefficient (Wildman–Crippen LogP) is 6.04. The number of hydrogen-bond donors (Lipinski definition) is 0. The van der Waals surface area contributed by atoms with Crippen molar-refractivity contribution in [3.63, 3.8) is 0 Å². The Bertz CT molecular complexity index is 1490. The lowest BCUT2D eigenvalue weighted by Gasteiger charge is -2.51. The Morgan fingerprint density at radius 3 is 2.53 bits per heavy atom. The van der Waals surface area contributed by atoms with E-state index in [4.69, 9.17) is 16.6 Å². The smallest absolute Gasteiger partial charge is 0.406 e. The van der Waals surface area contributed by atoms with Crippen molar-refractivity contribution in [2.24, 2.45) is 0 Å². The van der Waals surface area contributed by atoms with Gasteiger partial charge in [0.15, 0.2) is 0 Å². The molecule has 0 aliphatic carbocycles. The fourth-order valence-electron chi connectivity index (χ4n) is 5.58. The Labute approximate surface area is 222 Å². The van der Waals surface area contributed by atoms with Crippen LogP contribution in [0.5, 0.6) is 5.75 Å². The zero-order valence-corrected chi connectivity index (χ0v) is 21.0. The molecule has 3 fully saturated rings. The number of alkyl halides is 3. The van der Waals surface area contributed by atoms with E-state index in [1.165, 1.54) is 18.2 Å². The van der Waals surface area contributed by atoms with Gasteiger partial charge in [-0.15, -0.1) is 13.2 Å². The molecule has 6 nitrogen and oxygen atoms in total. The number of pyridine rings is 1. The predicted molar refractivity (Wildman–Crippen MR) is 137 cm³/mol. The number of carbonyl (C=O) groups is 1. The second-order valence-corrected chi connectivity index (χ2v) is 10.1. The van der Waals surface area contributed by atoms with Crippen molar-refractivity contribution in [2.45, 2.75) is 37.8 Å². The van der Waals surface area contributed by atoms with Gasteiger partial charge >= 0.3 is 6.36 Å². The number of nitrogens with zero attached hydrogens (tertiary/aromatic N) is 4. The van der Waals surface area contributed by atoms with Crippen LogP contribution in [0, 0.1) is 0 Å². The summed E-state index contributed by atoms with van der Waals surface area (Å²) in [7, 11) is 0. The summed E-state index contributed by atoms with van der Waals surface area (Å²) in [5, 5.41) is 0.660. The van der Waals surface area contributed by atoms with Gasteiger partial charge in [0.1, 0.15) is 11.4 Å². The number of fused-ring (bicyclic) bond motifs is 4. The Balaban J connectivity index is 1.24. The number of rotatable bonds is 5. The fourth-order valence-corrected chi connectivity index (χ4v) is 5.71. The lowest BCUT2D eigenvalue weighted by atomic mass is 9.89. The summed E-state index contributed by atoms with van der Waals surface area (Å²) >= 11 is 6.11. The van der Waals surface area contributed by atoms with Gasteiger partial charge in [-0.05, 0) is 55.3 Å². The highest BCUT2D eigenvalue weighted by molar-refractivity contribution is 6.30. The average molecular weight is 541 g/mol. The standard InChI is InChI=1S/C28H24ClF3N4O2/c29-20-9-7-18(8-10-20)26-24(35-13-2-1-6-25(35)33-26)17-34-15-22-12-11-21(34)16-36(22)27(37)19-4-3-5-23(14-19)38-28(30,31)32/h1-10,13-14,21-22H,11-12,15-17H2. The van der Waals surface area contributed by atoms with Gasteiger partial charge in [-0.2, -0.15) is 0 Å². The molecule has 4 aromatic rings. The van der Waals surface area contributed by atoms with Crippen LogP contribution in [-0.2, 0) is 6.54 Å². The zero-order chi connectivity index (χ0) is 26.4. The van der Waals surface area contributed by atoms with Crippen LogP contribution in [0.25, 0.3) is 16.9 Å². The molecule has 3 aliphatic heterocycles. The summed E-state index contributed by atoms with van der Waals surface area (Å²) in [6, 6.07) is 18.9. The third-order valence-corrected chi connectivity index (χ3v) is 7.57. The maximum Gasteiger partial charge on any atom is 0.573 e. The van der Waals surface area contributed by atoms with Crippen LogP contribution >= 0.6 is 11.6 Å². The van der Waals surface area contributed by atoms with Crippen LogP contribution in [0.1, 0.15) is 28.9 Å². The molecule has 0 spiro atoms. The van der Waals surface area contributed by atoms with E-state index < -0.39 is 12.1 Å². The normalized spacial score (nSPS) is 19.7. The van der Waals surface area contributed by atoms with E-state index in [-0.39, 0.29) is 23.6 Å². The maximum absolute atomic E-state index is 13.3. The highest BCUT2D eigenvalue weighted by Gasteiger charge is 2.42. The van der Waals surface area contributed by atoms with Crippen molar-refractivity contribution in [3.05, 3.63) is 89.2 Å². The van der Waals surface area contributed by atoms with E-state index >= 15 is 0 Å². The molecule has 3 saturated heterocycles. The van der Waals surface area contributed by atoms with Crippen molar-refractivity contribution in [2.75, 3.05) is 13.1 Å². The summed E-state index contributed by atoms with van der Waals surface area (Å²) in [5.41, 5.74) is 3.98. The van der Waals surface area contributed by atoms with Crippen LogP contribution in [0.2, 0.25) is 5.02 Å². The lowest BCUT2D eigenvalue weighted by Crippen LogP contribution is -2.63. The first-order valence-corrected chi connectivity index (χ1v) is 12.8. The van der Waals surface area contributed by atoms with Gasteiger partial charge in [-0.3, -0.25) is 9.69 Å². The molecule has 2 aromatic heterocycles. The molecule has 38 heavy (non-hydrogen) atoms. The first-order chi connectivity index (χ1) is 18.2. The molecule has 1 amide bonds. The van der Waals surface area contributed by atoms with Crippen LogP contribution in [-0.4, -0.2) is 56.6 Å². The Morgan fingerprint density at radius 2 is 1.79 bits per heavy atom. The summed E-state index contributed by atoms with van der Waals surface area (Å²) in [6.45, 7) is 1.84. The molecule has 2 atom stereocenters. The van der Waals surface area contributed by atoms with Gasteiger partial charge in [-0.1, -0.05) is 35.9 Å². The number of hydrogen-bond acceptors (Lipinski definition) is 4. The third-order valence-electron chi connectivity index (χ3n) is 7.32. The van der Waals surface area contributed by atoms with Crippen molar-refractivity contribution in [1.29, 1.82) is 0 Å². The van der Waals surface area contributed by atoms with Gasteiger partial charge in [0.25, 0.3) is 5.91 Å². The van der Waals surface area contributed by atoms with Crippen LogP contribution in [0.3, 0.4) is 0 Å². The van der Waals surface area contributed by atoms with Gasteiger partial charge in [0, 0.05) is 54.1 Å². The monoisotopic (exact) mass is 540 g/mol. The first-order valence-electron chi connectivity index (χ1n) is 12.4. The van der Waals surface area contributed by atoms with Gasteiger partial charge in [0.05, 0.1) is 11.4 Å². The van der Waals surface area contributed by atoms with E-state index in [9.17, 15) is 18.0 Å².